The van der Waals surface area contributed by atoms with Gasteiger partial charge in [0.2, 0.25) is 5.95 Å². The van der Waals surface area contributed by atoms with Crippen LogP contribution in [0.1, 0.15) is 24.4 Å². The zero-order valence-corrected chi connectivity index (χ0v) is 13.7. The van der Waals surface area contributed by atoms with E-state index in [9.17, 15) is 4.79 Å². The van der Waals surface area contributed by atoms with Crippen LogP contribution in [-0.4, -0.2) is 32.0 Å². The highest BCUT2D eigenvalue weighted by Crippen LogP contribution is 2.32. The van der Waals surface area contributed by atoms with Crippen molar-refractivity contribution < 1.29 is 4.79 Å². The highest BCUT2D eigenvalue weighted by Gasteiger charge is 2.30. The molecule has 3 aromatic rings. The fraction of sp³-hybridized carbons (Fsp3) is 0.211. The molecule has 25 heavy (non-hydrogen) atoms. The van der Waals surface area contributed by atoms with Crippen molar-refractivity contribution in [2.45, 2.75) is 18.9 Å². The average molecular weight is 333 g/mol. The Morgan fingerprint density at radius 3 is 2.68 bits per heavy atom. The molecule has 0 aliphatic carbocycles. The van der Waals surface area contributed by atoms with Crippen molar-refractivity contribution in [1.29, 1.82) is 0 Å². The summed E-state index contributed by atoms with van der Waals surface area (Å²) in [6.07, 6.45) is 9.03. The molecule has 1 aromatic carbocycles. The second-order valence-corrected chi connectivity index (χ2v) is 6.02. The second-order valence-electron chi connectivity index (χ2n) is 6.02. The maximum atomic E-state index is 12.8. The number of para-hydroxylation sites is 1. The highest BCUT2D eigenvalue weighted by molar-refractivity contribution is 5.88. The number of nitrogens with one attached hydrogen (secondary N) is 1. The van der Waals surface area contributed by atoms with E-state index < -0.39 is 0 Å². The van der Waals surface area contributed by atoms with Crippen molar-refractivity contribution in [3.05, 3.63) is 72.8 Å². The van der Waals surface area contributed by atoms with Gasteiger partial charge in [0.25, 0.3) is 0 Å². The number of nitrogens with zero attached hydrogens (tertiary/aromatic N) is 4. The third-order valence-electron chi connectivity index (χ3n) is 4.50. The lowest BCUT2D eigenvalue weighted by Gasteiger charge is -2.25. The fourth-order valence-electron chi connectivity index (χ4n) is 3.30. The Bertz CT molecular complexity index is 847. The van der Waals surface area contributed by atoms with Crippen LogP contribution < -0.4 is 5.32 Å². The van der Waals surface area contributed by atoms with Crippen LogP contribution in [0.15, 0.2) is 67.3 Å². The van der Waals surface area contributed by atoms with E-state index in [0.29, 0.717) is 5.95 Å². The molecule has 1 saturated heterocycles. The lowest BCUT2D eigenvalue weighted by Crippen LogP contribution is -2.35. The maximum absolute atomic E-state index is 12.8. The van der Waals surface area contributed by atoms with E-state index in [-0.39, 0.29) is 12.1 Å². The van der Waals surface area contributed by atoms with E-state index in [2.05, 4.69) is 15.3 Å². The van der Waals surface area contributed by atoms with Gasteiger partial charge in [-0.2, -0.15) is 0 Å². The van der Waals surface area contributed by atoms with Gasteiger partial charge < -0.3 is 4.90 Å². The Labute approximate surface area is 146 Å². The van der Waals surface area contributed by atoms with E-state index in [0.717, 1.165) is 30.6 Å². The van der Waals surface area contributed by atoms with Crippen molar-refractivity contribution in [2.24, 2.45) is 0 Å². The van der Waals surface area contributed by atoms with Gasteiger partial charge in [-0.3, -0.25) is 14.9 Å². The van der Waals surface area contributed by atoms with Crippen LogP contribution in [0.3, 0.4) is 0 Å². The third kappa shape index (κ3) is 3.10. The summed E-state index contributed by atoms with van der Waals surface area (Å²) in [5.74, 6) is 0.525. The van der Waals surface area contributed by atoms with Crippen molar-refractivity contribution in [3.8, 4) is 5.69 Å². The summed E-state index contributed by atoms with van der Waals surface area (Å²) in [5, 5.41) is 2.95. The number of pyridine rings is 1. The monoisotopic (exact) mass is 333 g/mol. The molecular weight excluding hydrogens is 314 g/mol. The molecule has 3 heterocycles. The van der Waals surface area contributed by atoms with Gasteiger partial charge in [0.1, 0.15) is 0 Å². The highest BCUT2D eigenvalue weighted by atomic mass is 16.2. The number of hydrogen-bond donors (Lipinski definition) is 1. The molecule has 6 heteroatoms. The zero-order chi connectivity index (χ0) is 17.1. The number of hydrogen-bond acceptors (Lipinski definition) is 3. The molecule has 1 aliphatic rings. The number of rotatable bonds is 3. The van der Waals surface area contributed by atoms with Crippen molar-refractivity contribution >= 4 is 12.0 Å². The third-order valence-corrected chi connectivity index (χ3v) is 4.50. The van der Waals surface area contributed by atoms with Crippen LogP contribution in [0.2, 0.25) is 0 Å². The Kier molecular flexibility index (Phi) is 4.16. The number of carbonyl (C=O) groups excluding carboxylic acids is 1. The summed E-state index contributed by atoms with van der Waals surface area (Å²) >= 11 is 0. The Hall–Kier alpha value is -3.15. The molecule has 0 spiro atoms. The Balaban J connectivity index is 1.54. The Morgan fingerprint density at radius 1 is 1.08 bits per heavy atom. The van der Waals surface area contributed by atoms with Gasteiger partial charge in [-0.15, -0.1) is 0 Å². The zero-order valence-electron chi connectivity index (χ0n) is 13.7. The van der Waals surface area contributed by atoms with Gasteiger partial charge >= 0.3 is 6.03 Å². The number of carbonyl (C=O) groups is 1. The molecular formula is C19H19N5O. The number of likely N-dealkylation sites (tertiary alicyclic amines) is 1. The number of imidazole rings is 1. The number of urea groups is 1. The van der Waals surface area contributed by atoms with Crippen molar-refractivity contribution in [3.63, 3.8) is 0 Å². The van der Waals surface area contributed by atoms with E-state index in [4.69, 9.17) is 0 Å². The van der Waals surface area contributed by atoms with Gasteiger partial charge in [0.05, 0.1) is 6.04 Å². The molecule has 4 rings (SSSR count). The van der Waals surface area contributed by atoms with Crippen molar-refractivity contribution in [2.75, 3.05) is 11.9 Å². The summed E-state index contributed by atoms with van der Waals surface area (Å²) in [4.78, 5) is 23.1. The van der Waals surface area contributed by atoms with E-state index in [1.165, 1.54) is 0 Å². The summed E-state index contributed by atoms with van der Waals surface area (Å²) < 4.78 is 1.87. The number of amides is 2. The first-order valence-corrected chi connectivity index (χ1v) is 8.39. The predicted molar refractivity (Wildman–Crippen MR) is 95.5 cm³/mol. The van der Waals surface area contributed by atoms with E-state index >= 15 is 0 Å². The molecule has 6 nitrogen and oxygen atoms in total. The molecule has 1 fully saturated rings. The first kappa shape index (κ1) is 15.4. The number of anilines is 1. The first-order valence-electron chi connectivity index (χ1n) is 8.39. The molecule has 2 amide bonds. The molecule has 0 bridgehead atoms. The van der Waals surface area contributed by atoms with Gasteiger partial charge in [0, 0.05) is 37.0 Å². The standard InChI is InChI=1S/C19H19N5O/c25-19(24-13-4-7-17(24)15-8-10-20-11-9-15)22-18-21-12-14-23(18)16-5-2-1-3-6-16/h1-3,5-6,8-12,14,17H,4,7,13H2,(H,21,22,25). The number of benzene rings is 1. The van der Waals surface area contributed by atoms with Crippen LogP contribution in [0, 0.1) is 0 Å². The van der Waals surface area contributed by atoms with Crippen LogP contribution in [0.5, 0.6) is 0 Å². The smallest absolute Gasteiger partial charge is 0.317 e. The van der Waals surface area contributed by atoms with Gasteiger partial charge in [0.15, 0.2) is 0 Å². The molecule has 1 N–H and O–H groups in total. The molecule has 1 aliphatic heterocycles. The van der Waals surface area contributed by atoms with Gasteiger partial charge in [-0.1, -0.05) is 18.2 Å². The lowest BCUT2D eigenvalue weighted by molar-refractivity contribution is 0.207. The minimum Gasteiger partial charge on any atom is -0.317 e. The minimum absolute atomic E-state index is 0.0862. The topological polar surface area (TPSA) is 63.1 Å². The summed E-state index contributed by atoms with van der Waals surface area (Å²) in [5.41, 5.74) is 2.08. The van der Waals surface area contributed by atoms with Gasteiger partial charge in [-0.25, -0.2) is 9.78 Å². The largest absolute Gasteiger partial charge is 0.324 e. The van der Waals surface area contributed by atoms with E-state index in [1.807, 2.05) is 58.1 Å². The fourth-order valence-corrected chi connectivity index (χ4v) is 3.30. The second kappa shape index (κ2) is 6.76. The minimum atomic E-state index is -0.123. The Morgan fingerprint density at radius 2 is 1.88 bits per heavy atom. The summed E-state index contributed by atoms with van der Waals surface area (Å²) in [7, 11) is 0. The normalized spacial score (nSPS) is 16.8. The molecule has 1 atom stereocenters. The molecule has 1 unspecified atom stereocenters. The van der Waals surface area contributed by atoms with Crippen LogP contribution in [-0.2, 0) is 0 Å². The lowest BCUT2D eigenvalue weighted by atomic mass is 10.1. The van der Waals surface area contributed by atoms with Crippen molar-refractivity contribution in [1.82, 2.24) is 19.4 Å². The molecule has 0 radical (unpaired) electrons. The van der Waals surface area contributed by atoms with E-state index in [1.54, 1.807) is 18.6 Å². The summed E-state index contributed by atoms with van der Waals surface area (Å²) in [6, 6.07) is 13.7. The van der Waals surface area contributed by atoms with Crippen LogP contribution in [0.25, 0.3) is 5.69 Å². The number of aromatic nitrogens is 3. The first-order chi connectivity index (χ1) is 12.3. The quantitative estimate of drug-likeness (QED) is 0.796. The maximum Gasteiger partial charge on any atom is 0.324 e. The SMILES string of the molecule is O=C(Nc1nccn1-c1ccccc1)N1CCCC1c1ccncc1. The average Bonchev–Trinajstić information content (AvgIpc) is 3.32. The van der Waals surface area contributed by atoms with Crippen LogP contribution >= 0.6 is 0 Å². The molecule has 0 saturated carbocycles. The van der Waals surface area contributed by atoms with Crippen LogP contribution in [0.4, 0.5) is 10.7 Å². The molecule has 2 aromatic heterocycles. The summed E-state index contributed by atoms with van der Waals surface area (Å²) in [6.45, 7) is 0.741. The molecule has 126 valence electrons. The van der Waals surface area contributed by atoms with Gasteiger partial charge in [-0.05, 0) is 42.7 Å². The predicted octanol–water partition coefficient (Wildman–Crippen LogP) is 3.64.